The lowest BCUT2D eigenvalue weighted by Crippen LogP contribution is -1.96. The number of nitrogens with zero attached hydrogens (tertiary/aromatic N) is 2. The molecule has 0 saturated carbocycles. The summed E-state index contributed by atoms with van der Waals surface area (Å²) >= 11 is 0. The van der Waals surface area contributed by atoms with E-state index in [9.17, 15) is 0 Å². The first-order valence-electron chi connectivity index (χ1n) is 11.5. The number of hydrogen-bond donors (Lipinski definition) is 0. The largest absolute Gasteiger partial charge is 0.497 e. The maximum atomic E-state index is 5.88. The number of benzene rings is 2. The maximum Gasteiger partial charge on any atom is 0.159 e. The van der Waals surface area contributed by atoms with Crippen molar-refractivity contribution in [2.24, 2.45) is 0 Å². The number of methoxy groups -OCH3 is 1. The average Bonchev–Trinajstić information content (AvgIpc) is 2.83. The Hall–Kier alpha value is -2.88. The van der Waals surface area contributed by atoms with Crippen LogP contribution in [-0.4, -0.2) is 17.1 Å². The van der Waals surface area contributed by atoms with E-state index >= 15 is 0 Å². The standard InChI is InChI=1S/C27H34N2O2/c1-3-4-5-6-7-8-9-10-23-19-28-27(29-20-23)24-13-17-26(18-14-24)31-21-22-11-15-25(30-2)16-12-22/h11-20H,3-10,21H2,1-2H3. The zero-order valence-electron chi connectivity index (χ0n) is 18.8. The molecule has 0 unspecified atom stereocenters. The minimum Gasteiger partial charge on any atom is -0.497 e. The Morgan fingerprint density at radius 2 is 1.29 bits per heavy atom. The Morgan fingerprint density at radius 1 is 0.677 bits per heavy atom. The summed E-state index contributed by atoms with van der Waals surface area (Å²) in [6, 6.07) is 15.9. The highest BCUT2D eigenvalue weighted by Crippen LogP contribution is 2.21. The molecule has 31 heavy (non-hydrogen) atoms. The third-order valence-corrected chi connectivity index (χ3v) is 5.45. The summed E-state index contributed by atoms with van der Waals surface area (Å²) in [6.07, 6.45) is 14.3. The van der Waals surface area contributed by atoms with Crippen molar-refractivity contribution in [3.05, 3.63) is 72.1 Å². The summed E-state index contributed by atoms with van der Waals surface area (Å²) in [6.45, 7) is 2.78. The van der Waals surface area contributed by atoms with Crippen molar-refractivity contribution >= 4 is 0 Å². The monoisotopic (exact) mass is 418 g/mol. The molecule has 0 aliphatic heterocycles. The summed E-state index contributed by atoms with van der Waals surface area (Å²) in [5.41, 5.74) is 3.32. The van der Waals surface area contributed by atoms with Crippen LogP contribution in [0.25, 0.3) is 11.4 Å². The molecule has 0 N–H and O–H groups in total. The molecule has 0 spiro atoms. The summed E-state index contributed by atoms with van der Waals surface area (Å²) in [7, 11) is 1.67. The van der Waals surface area contributed by atoms with Crippen molar-refractivity contribution in [1.29, 1.82) is 0 Å². The van der Waals surface area contributed by atoms with Crippen molar-refractivity contribution < 1.29 is 9.47 Å². The first-order chi connectivity index (χ1) is 15.3. The van der Waals surface area contributed by atoms with Crippen molar-refractivity contribution in [2.45, 2.75) is 64.9 Å². The fourth-order valence-corrected chi connectivity index (χ4v) is 3.51. The van der Waals surface area contributed by atoms with Gasteiger partial charge in [-0.2, -0.15) is 0 Å². The fourth-order valence-electron chi connectivity index (χ4n) is 3.51. The lowest BCUT2D eigenvalue weighted by atomic mass is 10.1. The van der Waals surface area contributed by atoms with Gasteiger partial charge in [0, 0.05) is 18.0 Å². The zero-order valence-corrected chi connectivity index (χ0v) is 18.8. The molecule has 1 heterocycles. The van der Waals surface area contributed by atoms with Gasteiger partial charge in [0.05, 0.1) is 7.11 Å². The van der Waals surface area contributed by atoms with Gasteiger partial charge in [-0.15, -0.1) is 0 Å². The Kier molecular flexibility index (Phi) is 9.36. The van der Waals surface area contributed by atoms with E-state index in [2.05, 4.69) is 16.9 Å². The van der Waals surface area contributed by atoms with E-state index in [1.807, 2.05) is 60.9 Å². The molecule has 0 aliphatic rings. The molecule has 4 nitrogen and oxygen atoms in total. The van der Waals surface area contributed by atoms with Crippen molar-refractivity contribution in [1.82, 2.24) is 9.97 Å². The van der Waals surface area contributed by atoms with E-state index in [-0.39, 0.29) is 0 Å². The molecule has 0 aliphatic carbocycles. The van der Waals surface area contributed by atoms with E-state index in [1.165, 1.54) is 50.5 Å². The number of hydrogen-bond acceptors (Lipinski definition) is 4. The van der Waals surface area contributed by atoms with E-state index < -0.39 is 0 Å². The van der Waals surface area contributed by atoms with Gasteiger partial charge in [-0.25, -0.2) is 9.97 Å². The quantitative estimate of drug-likeness (QED) is 0.280. The molecule has 164 valence electrons. The van der Waals surface area contributed by atoms with Crippen LogP contribution < -0.4 is 9.47 Å². The van der Waals surface area contributed by atoms with Crippen molar-refractivity contribution in [3.8, 4) is 22.9 Å². The second-order valence-electron chi connectivity index (χ2n) is 7.95. The molecule has 0 fully saturated rings. The second kappa shape index (κ2) is 12.7. The van der Waals surface area contributed by atoms with Gasteiger partial charge in [0.15, 0.2) is 5.82 Å². The van der Waals surface area contributed by atoms with Crippen molar-refractivity contribution in [3.63, 3.8) is 0 Å². The summed E-state index contributed by atoms with van der Waals surface area (Å²) < 4.78 is 11.1. The van der Waals surface area contributed by atoms with Gasteiger partial charge < -0.3 is 9.47 Å². The smallest absolute Gasteiger partial charge is 0.159 e. The van der Waals surface area contributed by atoms with Crippen LogP contribution in [0.4, 0.5) is 0 Å². The number of aryl methyl sites for hydroxylation is 1. The van der Waals surface area contributed by atoms with Crippen LogP contribution in [-0.2, 0) is 13.0 Å². The molecule has 0 radical (unpaired) electrons. The fraction of sp³-hybridized carbons (Fsp3) is 0.407. The summed E-state index contributed by atoms with van der Waals surface area (Å²) in [5, 5.41) is 0. The molecular formula is C27H34N2O2. The van der Waals surface area contributed by atoms with E-state index in [0.717, 1.165) is 34.9 Å². The molecule has 3 aromatic rings. The maximum absolute atomic E-state index is 5.88. The Bertz CT molecular complexity index is 875. The number of aromatic nitrogens is 2. The Morgan fingerprint density at radius 3 is 1.94 bits per heavy atom. The molecule has 3 rings (SSSR count). The average molecular weight is 419 g/mol. The molecule has 1 aromatic heterocycles. The molecule has 0 bridgehead atoms. The van der Waals surface area contributed by atoms with Gasteiger partial charge in [0.2, 0.25) is 0 Å². The normalized spacial score (nSPS) is 10.8. The molecular weight excluding hydrogens is 384 g/mol. The van der Waals surface area contributed by atoms with Crippen LogP contribution >= 0.6 is 0 Å². The SMILES string of the molecule is CCCCCCCCCc1cnc(-c2ccc(OCc3ccc(OC)cc3)cc2)nc1. The van der Waals surface area contributed by atoms with Crippen LogP contribution in [0.3, 0.4) is 0 Å². The molecule has 2 aromatic carbocycles. The first kappa shape index (κ1) is 22.8. The van der Waals surface area contributed by atoms with Gasteiger partial charge in [-0.3, -0.25) is 0 Å². The minimum absolute atomic E-state index is 0.521. The third-order valence-electron chi connectivity index (χ3n) is 5.45. The second-order valence-corrected chi connectivity index (χ2v) is 7.95. The van der Waals surface area contributed by atoms with Crippen LogP contribution in [0.5, 0.6) is 11.5 Å². The van der Waals surface area contributed by atoms with E-state index in [0.29, 0.717) is 6.61 Å². The number of ether oxygens (including phenoxy) is 2. The molecule has 0 amide bonds. The highest BCUT2D eigenvalue weighted by molar-refractivity contribution is 5.55. The van der Waals surface area contributed by atoms with Gasteiger partial charge in [0.25, 0.3) is 0 Å². The molecule has 4 heteroatoms. The van der Waals surface area contributed by atoms with Crippen molar-refractivity contribution in [2.75, 3.05) is 7.11 Å². The van der Waals surface area contributed by atoms with Gasteiger partial charge in [0.1, 0.15) is 18.1 Å². The number of rotatable bonds is 13. The predicted molar refractivity (Wildman–Crippen MR) is 126 cm³/mol. The van der Waals surface area contributed by atoms with Crippen LogP contribution in [0.2, 0.25) is 0 Å². The third kappa shape index (κ3) is 7.71. The predicted octanol–water partition coefficient (Wildman–Crippen LogP) is 7.02. The van der Waals surface area contributed by atoms with Crippen LogP contribution in [0.1, 0.15) is 63.0 Å². The van der Waals surface area contributed by atoms with Gasteiger partial charge >= 0.3 is 0 Å². The van der Waals surface area contributed by atoms with Crippen LogP contribution in [0.15, 0.2) is 60.9 Å². The number of unbranched alkanes of at least 4 members (excludes halogenated alkanes) is 6. The Balaban J connectivity index is 1.43. The van der Waals surface area contributed by atoms with E-state index in [4.69, 9.17) is 9.47 Å². The lowest BCUT2D eigenvalue weighted by molar-refractivity contribution is 0.306. The highest BCUT2D eigenvalue weighted by Gasteiger charge is 2.04. The highest BCUT2D eigenvalue weighted by atomic mass is 16.5. The van der Waals surface area contributed by atoms with E-state index in [1.54, 1.807) is 7.11 Å². The summed E-state index contributed by atoms with van der Waals surface area (Å²) in [5.74, 6) is 2.43. The minimum atomic E-state index is 0.521. The van der Waals surface area contributed by atoms with Gasteiger partial charge in [-0.05, 0) is 60.4 Å². The first-order valence-corrected chi connectivity index (χ1v) is 11.5. The lowest BCUT2D eigenvalue weighted by Gasteiger charge is -2.08. The molecule has 0 atom stereocenters. The van der Waals surface area contributed by atoms with Crippen LogP contribution in [0, 0.1) is 0 Å². The zero-order chi connectivity index (χ0) is 21.7. The molecule has 0 saturated heterocycles. The summed E-state index contributed by atoms with van der Waals surface area (Å²) in [4.78, 5) is 9.13. The Labute approximate surface area is 186 Å². The van der Waals surface area contributed by atoms with Gasteiger partial charge in [-0.1, -0.05) is 57.6 Å². The topological polar surface area (TPSA) is 44.2 Å².